The van der Waals surface area contributed by atoms with Crippen LogP contribution in [0.15, 0.2) is 48.5 Å². The molecule has 0 aliphatic rings. The Kier molecular flexibility index (Phi) is 7.11. The zero-order chi connectivity index (χ0) is 19.8. The van der Waals surface area contributed by atoms with Crippen molar-refractivity contribution in [1.29, 1.82) is 0 Å². The average molecular weight is 368 g/mol. The topological polar surface area (TPSA) is 75.7 Å². The van der Waals surface area contributed by atoms with Crippen LogP contribution in [0.3, 0.4) is 0 Å². The molecule has 6 heteroatoms. The van der Waals surface area contributed by atoms with Crippen LogP contribution < -0.4 is 15.0 Å². The molecular formula is C21H24N2O4. The molecule has 142 valence electrons. The van der Waals surface area contributed by atoms with Crippen molar-refractivity contribution < 1.29 is 19.1 Å². The van der Waals surface area contributed by atoms with Gasteiger partial charge in [0.05, 0.1) is 7.11 Å². The van der Waals surface area contributed by atoms with Crippen LogP contribution in [-0.4, -0.2) is 37.8 Å². The first-order valence-electron chi connectivity index (χ1n) is 8.69. The predicted octanol–water partition coefficient (Wildman–Crippen LogP) is 2.61. The van der Waals surface area contributed by atoms with Gasteiger partial charge < -0.3 is 15.0 Å². The van der Waals surface area contributed by atoms with Crippen LogP contribution in [0.4, 0.5) is 5.69 Å². The molecule has 0 spiro atoms. The van der Waals surface area contributed by atoms with Crippen molar-refractivity contribution in [3.63, 3.8) is 0 Å². The second-order valence-corrected chi connectivity index (χ2v) is 6.16. The third kappa shape index (κ3) is 5.95. The lowest BCUT2D eigenvalue weighted by molar-refractivity contribution is -0.123. The number of amides is 2. The molecule has 6 nitrogen and oxygen atoms in total. The SMILES string of the molecule is COc1cccc(CCNC(=O)CN(C(C)=O)c2cccc(C(C)=O)c2)c1. The number of anilines is 1. The van der Waals surface area contributed by atoms with Gasteiger partial charge in [0.2, 0.25) is 11.8 Å². The fourth-order valence-electron chi connectivity index (χ4n) is 2.65. The Bertz CT molecular complexity index is 832. The molecule has 0 heterocycles. The molecule has 27 heavy (non-hydrogen) atoms. The summed E-state index contributed by atoms with van der Waals surface area (Å²) in [6.07, 6.45) is 0.656. The van der Waals surface area contributed by atoms with Gasteiger partial charge in [0.1, 0.15) is 12.3 Å². The van der Waals surface area contributed by atoms with E-state index in [9.17, 15) is 14.4 Å². The number of rotatable bonds is 8. The molecule has 0 radical (unpaired) electrons. The number of hydrogen-bond donors (Lipinski definition) is 1. The van der Waals surface area contributed by atoms with Crippen molar-refractivity contribution >= 4 is 23.3 Å². The van der Waals surface area contributed by atoms with Gasteiger partial charge in [-0.1, -0.05) is 24.3 Å². The first-order valence-corrected chi connectivity index (χ1v) is 8.69. The smallest absolute Gasteiger partial charge is 0.240 e. The van der Waals surface area contributed by atoms with Crippen LogP contribution >= 0.6 is 0 Å². The Morgan fingerprint density at radius 2 is 1.78 bits per heavy atom. The molecule has 0 bridgehead atoms. The fraction of sp³-hybridized carbons (Fsp3) is 0.286. The van der Waals surface area contributed by atoms with E-state index in [1.165, 1.54) is 18.7 Å². The fourth-order valence-corrected chi connectivity index (χ4v) is 2.65. The van der Waals surface area contributed by atoms with E-state index in [4.69, 9.17) is 4.74 Å². The number of carbonyl (C=O) groups is 3. The molecule has 0 aliphatic heterocycles. The molecule has 0 unspecified atom stereocenters. The molecule has 2 aromatic rings. The first-order chi connectivity index (χ1) is 12.9. The highest BCUT2D eigenvalue weighted by Crippen LogP contribution is 2.17. The molecule has 0 saturated heterocycles. The van der Waals surface area contributed by atoms with Crippen molar-refractivity contribution in [3.8, 4) is 5.75 Å². The lowest BCUT2D eigenvalue weighted by atomic mass is 10.1. The van der Waals surface area contributed by atoms with Gasteiger partial charge >= 0.3 is 0 Å². The van der Waals surface area contributed by atoms with E-state index in [2.05, 4.69) is 5.32 Å². The number of carbonyl (C=O) groups excluding carboxylic acids is 3. The lowest BCUT2D eigenvalue weighted by Gasteiger charge is -2.21. The van der Waals surface area contributed by atoms with Gasteiger partial charge in [-0.05, 0) is 43.2 Å². The summed E-state index contributed by atoms with van der Waals surface area (Å²) in [7, 11) is 1.61. The first kappa shape index (κ1) is 20.2. The Morgan fingerprint density at radius 1 is 1.04 bits per heavy atom. The summed E-state index contributed by atoms with van der Waals surface area (Å²) in [5.41, 5.74) is 2.07. The van der Waals surface area contributed by atoms with E-state index in [1.54, 1.807) is 31.4 Å². The Balaban J connectivity index is 1.96. The van der Waals surface area contributed by atoms with Crippen LogP contribution in [0.2, 0.25) is 0 Å². The molecule has 0 aromatic heterocycles. The van der Waals surface area contributed by atoms with Gasteiger partial charge in [-0.15, -0.1) is 0 Å². The largest absolute Gasteiger partial charge is 0.497 e. The summed E-state index contributed by atoms with van der Waals surface area (Å²) in [5, 5.41) is 2.82. The summed E-state index contributed by atoms with van der Waals surface area (Å²) in [6.45, 7) is 3.20. The van der Waals surface area contributed by atoms with E-state index in [0.29, 0.717) is 24.2 Å². The number of methoxy groups -OCH3 is 1. The number of ether oxygens (including phenoxy) is 1. The van der Waals surface area contributed by atoms with E-state index < -0.39 is 0 Å². The summed E-state index contributed by atoms with van der Waals surface area (Å²) in [4.78, 5) is 37.1. The maximum atomic E-state index is 12.3. The number of ketones is 1. The minimum Gasteiger partial charge on any atom is -0.497 e. The molecule has 0 atom stereocenters. The molecule has 2 amide bonds. The third-order valence-electron chi connectivity index (χ3n) is 4.12. The zero-order valence-electron chi connectivity index (χ0n) is 15.8. The molecule has 2 rings (SSSR count). The minimum absolute atomic E-state index is 0.0944. The van der Waals surface area contributed by atoms with Crippen molar-refractivity contribution in [2.75, 3.05) is 25.1 Å². The highest BCUT2D eigenvalue weighted by atomic mass is 16.5. The highest BCUT2D eigenvalue weighted by Gasteiger charge is 2.16. The monoisotopic (exact) mass is 368 g/mol. The molecule has 0 saturated carbocycles. The second kappa shape index (κ2) is 9.52. The van der Waals surface area contributed by atoms with Crippen molar-refractivity contribution in [3.05, 3.63) is 59.7 Å². The number of nitrogens with zero attached hydrogens (tertiary/aromatic N) is 1. The van der Waals surface area contributed by atoms with E-state index >= 15 is 0 Å². The van der Waals surface area contributed by atoms with Crippen LogP contribution in [0.1, 0.15) is 29.8 Å². The standard InChI is InChI=1S/C21H24N2O4/c1-15(24)18-7-5-8-19(13-18)23(16(2)25)14-21(26)22-11-10-17-6-4-9-20(12-17)27-3/h4-9,12-13H,10-11,14H2,1-3H3,(H,22,26). The average Bonchev–Trinajstić information content (AvgIpc) is 2.66. The number of Topliss-reactive ketones (excluding diaryl/α,β-unsaturated/α-hetero) is 1. The second-order valence-electron chi connectivity index (χ2n) is 6.16. The third-order valence-corrected chi connectivity index (χ3v) is 4.12. The molecule has 2 aromatic carbocycles. The van der Waals surface area contributed by atoms with Crippen LogP contribution in [0.25, 0.3) is 0 Å². The quantitative estimate of drug-likeness (QED) is 0.727. The van der Waals surface area contributed by atoms with Gasteiger partial charge in [-0.2, -0.15) is 0 Å². The van der Waals surface area contributed by atoms with Crippen LogP contribution in [0, 0.1) is 0 Å². The predicted molar refractivity (Wildman–Crippen MR) is 104 cm³/mol. The van der Waals surface area contributed by atoms with Crippen molar-refractivity contribution in [2.24, 2.45) is 0 Å². The number of nitrogens with one attached hydrogen (secondary N) is 1. The molecular weight excluding hydrogens is 344 g/mol. The van der Waals surface area contributed by atoms with Crippen molar-refractivity contribution in [2.45, 2.75) is 20.3 Å². The molecule has 1 N–H and O–H groups in total. The highest BCUT2D eigenvalue weighted by molar-refractivity contribution is 6.00. The van der Waals surface area contributed by atoms with E-state index in [1.807, 2.05) is 24.3 Å². The van der Waals surface area contributed by atoms with Crippen LogP contribution in [0.5, 0.6) is 5.75 Å². The lowest BCUT2D eigenvalue weighted by Crippen LogP contribution is -2.40. The Hall–Kier alpha value is -3.15. The van der Waals surface area contributed by atoms with Gasteiger partial charge in [0.25, 0.3) is 0 Å². The maximum absolute atomic E-state index is 12.3. The summed E-state index contributed by atoms with van der Waals surface area (Å²) >= 11 is 0. The van der Waals surface area contributed by atoms with Gasteiger partial charge in [0, 0.05) is 24.7 Å². The van der Waals surface area contributed by atoms with E-state index in [-0.39, 0.29) is 24.1 Å². The molecule has 0 fully saturated rings. The van der Waals surface area contributed by atoms with Gasteiger partial charge in [0.15, 0.2) is 5.78 Å². The number of hydrogen-bond acceptors (Lipinski definition) is 4. The Labute approximate surface area is 159 Å². The summed E-state index contributed by atoms with van der Waals surface area (Å²) in [5.74, 6) is 0.148. The summed E-state index contributed by atoms with van der Waals surface area (Å²) < 4.78 is 5.18. The van der Waals surface area contributed by atoms with Gasteiger partial charge in [-0.25, -0.2) is 0 Å². The van der Waals surface area contributed by atoms with E-state index in [0.717, 1.165) is 11.3 Å². The minimum atomic E-state index is -0.265. The number of benzene rings is 2. The van der Waals surface area contributed by atoms with Crippen LogP contribution in [-0.2, 0) is 16.0 Å². The van der Waals surface area contributed by atoms with Gasteiger partial charge in [-0.3, -0.25) is 14.4 Å². The summed E-state index contributed by atoms with van der Waals surface area (Å²) in [6, 6.07) is 14.3. The zero-order valence-corrected chi connectivity index (χ0v) is 15.8. The van der Waals surface area contributed by atoms with Crippen molar-refractivity contribution in [1.82, 2.24) is 5.32 Å². The molecule has 0 aliphatic carbocycles. The normalized spacial score (nSPS) is 10.2. The Morgan fingerprint density at radius 3 is 2.44 bits per heavy atom. The maximum Gasteiger partial charge on any atom is 0.240 e.